The number of nitrogens with zero attached hydrogens (tertiary/aromatic N) is 2. The van der Waals surface area contributed by atoms with Gasteiger partial charge < -0.3 is 10.6 Å². The molecule has 2 fully saturated rings. The first-order valence-corrected chi connectivity index (χ1v) is 7.55. The molecule has 2 N–H and O–H groups in total. The average molecular weight is 310 g/mol. The van der Waals surface area contributed by atoms with Gasteiger partial charge >= 0.3 is 0 Å². The predicted molar refractivity (Wildman–Crippen MR) is 87.6 cm³/mol. The van der Waals surface area contributed by atoms with E-state index in [0.29, 0.717) is 6.42 Å². The lowest BCUT2D eigenvalue weighted by Gasteiger charge is -2.34. The summed E-state index contributed by atoms with van der Waals surface area (Å²) in [5.74, 6) is 1.16. The molecule has 1 aliphatic heterocycles. The van der Waals surface area contributed by atoms with Crippen LogP contribution in [0.4, 0.5) is 5.69 Å². The Morgan fingerprint density at radius 1 is 1.19 bits per heavy atom. The lowest BCUT2D eigenvalue weighted by molar-refractivity contribution is -0.132. The molecule has 0 unspecified atom stereocenters. The smallest absolute Gasteiger partial charge is 0.227 e. The molecule has 2 aliphatic rings. The minimum absolute atomic E-state index is 0. The highest BCUT2D eigenvalue weighted by molar-refractivity contribution is 5.85. The van der Waals surface area contributed by atoms with Crippen LogP contribution >= 0.6 is 12.4 Å². The van der Waals surface area contributed by atoms with Crippen molar-refractivity contribution in [2.24, 2.45) is 5.92 Å². The molecule has 0 atom stereocenters. The molecule has 1 aliphatic carbocycles. The molecule has 1 saturated heterocycles. The van der Waals surface area contributed by atoms with Gasteiger partial charge in [0.25, 0.3) is 0 Å². The molecular weight excluding hydrogens is 286 g/mol. The van der Waals surface area contributed by atoms with E-state index in [1.54, 1.807) is 0 Å². The molecule has 1 aromatic carbocycles. The second-order valence-corrected chi connectivity index (χ2v) is 6.05. The summed E-state index contributed by atoms with van der Waals surface area (Å²) in [5.41, 5.74) is 7.49. The molecule has 0 radical (unpaired) electrons. The largest absolute Gasteiger partial charge is 0.399 e. The number of hydrogen-bond donors (Lipinski definition) is 1. The molecule has 1 aromatic rings. The van der Waals surface area contributed by atoms with Crippen molar-refractivity contribution in [3.8, 4) is 0 Å². The Bertz CT molecular complexity index is 482. The fourth-order valence-corrected chi connectivity index (χ4v) is 2.83. The van der Waals surface area contributed by atoms with Crippen molar-refractivity contribution in [3.05, 3.63) is 29.8 Å². The van der Waals surface area contributed by atoms with E-state index in [0.717, 1.165) is 43.3 Å². The van der Waals surface area contributed by atoms with Gasteiger partial charge in [0, 0.05) is 38.4 Å². The normalized spacial score (nSPS) is 19.1. The number of piperazine rings is 1. The van der Waals surface area contributed by atoms with Crippen molar-refractivity contribution in [1.82, 2.24) is 9.80 Å². The highest BCUT2D eigenvalue weighted by atomic mass is 35.5. The first-order valence-electron chi connectivity index (χ1n) is 7.55. The number of benzene rings is 1. The van der Waals surface area contributed by atoms with E-state index in [4.69, 9.17) is 5.73 Å². The van der Waals surface area contributed by atoms with E-state index in [9.17, 15) is 4.79 Å². The van der Waals surface area contributed by atoms with E-state index in [-0.39, 0.29) is 18.3 Å². The van der Waals surface area contributed by atoms with E-state index >= 15 is 0 Å². The maximum Gasteiger partial charge on any atom is 0.227 e. The average Bonchev–Trinajstić information content (AvgIpc) is 3.23. The molecule has 21 heavy (non-hydrogen) atoms. The van der Waals surface area contributed by atoms with Gasteiger partial charge in [0.2, 0.25) is 5.91 Å². The second-order valence-electron chi connectivity index (χ2n) is 6.05. The Kier molecular flexibility index (Phi) is 5.48. The highest BCUT2D eigenvalue weighted by Gasteiger charge is 2.27. The minimum atomic E-state index is 0. The van der Waals surface area contributed by atoms with Crippen LogP contribution in [0.2, 0.25) is 0 Å². The summed E-state index contributed by atoms with van der Waals surface area (Å²) in [4.78, 5) is 16.8. The number of carbonyl (C=O) groups excluding carboxylic acids is 1. The number of anilines is 1. The maximum absolute atomic E-state index is 12.3. The number of nitrogens with two attached hydrogens (primary N) is 1. The van der Waals surface area contributed by atoms with Crippen LogP contribution in [0, 0.1) is 5.92 Å². The third-order valence-corrected chi connectivity index (χ3v) is 4.24. The summed E-state index contributed by atoms with van der Waals surface area (Å²) in [6.07, 6.45) is 3.26. The van der Waals surface area contributed by atoms with E-state index in [2.05, 4.69) is 4.90 Å². The number of nitrogen functional groups attached to an aromatic ring is 1. The Balaban J connectivity index is 0.00000161. The Morgan fingerprint density at radius 2 is 1.90 bits per heavy atom. The lowest BCUT2D eigenvalue weighted by atomic mass is 10.1. The second kappa shape index (κ2) is 7.14. The summed E-state index contributed by atoms with van der Waals surface area (Å²) in [5, 5.41) is 0. The van der Waals surface area contributed by atoms with Gasteiger partial charge in [-0.1, -0.05) is 12.1 Å². The first-order chi connectivity index (χ1) is 9.70. The fourth-order valence-electron chi connectivity index (χ4n) is 2.83. The minimum Gasteiger partial charge on any atom is -0.399 e. The summed E-state index contributed by atoms with van der Waals surface area (Å²) < 4.78 is 0. The standard InChI is InChI=1S/C16H23N3O.ClH/c17-15-3-1-2-14(10-15)11-16(20)19-8-6-18(7-9-19)12-13-4-5-13;/h1-3,10,13H,4-9,11-12,17H2;1H. The van der Waals surface area contributed by atoms with E-state index < -0.39 is 0 Å². The molecule has 1 saturated carbocycles. The van der Waals surface area contributed by atoms with Crippen LogP contribution in [0.3, 0.4) is 0 Å². The number of amides is 1. The van der Waals surface area contributed by atoms with Crippen molar-refractivity contribution in [2.75, 3.05) is 38.5 Å². The molecule has 116 valence electrons. The molecule has 0 spiro atoms. The zero-order valence-corrected chi connectivity index (χ0v) is 13.1. The SMILES string of the molecule is Cl.Nc1cccc(CC(=O)N2CCN(CC3CC3)CC2)c1. The monoisotopic (exact) mass is 309 g/mol. The summed E-state index contributed by atoms with van der Waals surface area (Å²) in [7, 11) is 0. The van der Waals surface area contributed by atoms with Gasteiger partial charge in [-0.25, -0.2) is 0 Å². The molecule has 0 bridgehead atoms. The summed E-state index contributed by atoms with van der Waals surface area (Å²) in [6.45, 7) is 5.03. The summed E-state index contributed by atoms with van der Waals surface area (Å²) in [6, 6.07) is 7.62. The molecular formula is C16H24ClN3O. The first kappa shape index (κ1) is 16.1. The number of hydrogen-bond acceptors (Lipinski definition) is 3. The third-order valence-electron chi connectivity index (χ3n) is 4.24. The van der Waals surface area contributed by atoms with Gasteiger partial charge in [0.1, 0.15) is 0 Å². The number of halogens is 1. The quantitative estimate of drug-likeness (QED) is 0.863. The number of rotatable bonds is 4. The third kappa shape index (κ3) is 4.61. The van der Waals surface area contributed by atoms with Gasteiger partial charge in [-0.15, -0.1) is 12.4 Å². The molecule has 3 rings (SSSR count). The zero-order chi connectivity index (χ0) is 13.9. The molecule has 4 nitrogen and oxygen atoms in total. The van der Waals surface area contributed by atoms with Crippen molar-refractivity contribution < 1.29 is 4.79 Å². The Labute approximate surface area is 132 Å². The van der Waals surface area contributed by atoms with Gasteiger partial charge in [-0.2, -0.15) is 0 Å². The van der Waals surface area contributed by atoms with Gasteiger partial charge in [0.15, 0.2) is 0 Å². The molecule has 1 amide bonds. The molecule has 1 heterocycles. The fraction of sp³-hybridized carbons (Fsp3) is 0.562. The van der Waals surface area contributed by atoms with Crippen molar-refractivity contribution in [2.45, 2.75) is 19.3 Å². The van der Waals surface area contributed by atoms with Crippen LogP contribution in [0.25, 0.3) is 0 Å². The van der Waals surface area contributed by atoms with E-state index in [1.165, 1.54) is 19.4 Å². The Morgan fingerprint density at radius 3 is 2.52 bits per heavy atom. The van der Waals surface area contributed by atoms with Crippen molar-refractivity contribution in [3.63, 3.8) is 0 Å². The van der Waals surface area contributed by atoms with Crippen LogP contribution in [0.5, 0.6) is 0 Å². The highest BCUT2D eigenvalue weighted by Crippen LogP contribution is 2.29. The summed E-state index contributed by atoms with van der Waals surface area (Å²) >= 11 is 0. The lowest BCUT2D eigenvalue weighted by Crippen LogP contribution is -2.49. The van der Waals surface area contributed by atoms with Gasteiger partial charge in [-0.05, 0) is 36.5 Å². The Hall–Kier alpha value is -1.26. The van der Waals surface area contributed by atoms with Crippen LogP contribution in [-0.4, -0.2) is 48.4 Å². The molecule has 5 heteroatoms. The van der Waals surface area contributed by atoms with Crippen LogP contribution in [-0.2, 0) is 11.2 Å². The zero-order valence-electron chi connectivity index (χ0n) is 12.3. The molecule has 0 aromatic heterocycles. The van der Waals surface area contributed by atoms with Crippen LogP contribution < -0.4 is 5.73 Å². The topological polar surface area (TPSA) is 49.6 Å². The van der Waals surface area contributed by atoms with E-state index in [1.807, 2.05) is 29.2 Å². The van der Waals surface area contributed by atoms with Gasteiger partial charge in [0.05, 0.1) is 6.42 Å². The van der Waals surface area contributed by atoms with Crippen LogP contribution in [0.1, 0.15) is 18.4 Å². The maximum atomic E-state index is 12.3. The number of carbonyl (C=O) groups is 1. The van der Waals surface area contributed by atoms with Crippen molar-refractivity contribution in [1.29, 1.82) is 0 Å². The van der Waals surface area contributed by atoms with Crippen molar-refractivity contribution >= 4 is 24.0 Å². The van der Waals surface area contributed by atoms with Crippen LogP contribution in [0.15, 0.2) is 24.3 Å². The van der Waals surface area contributed by atoms with Gasteiger partial charge in [-0.3, -0.25) is 9.69 Å². The predicted octanol–water partition coefficient (Wildman–Crippen LogP) is 1.79.